The summed E-state index contributed by atoms with van der Waals surface area (Å²) < 4.78 is 10.5. The van der Waals surface area contributed by atoms with Crippen LogP contribution in [0.5, 0.6) is 5.75 Å². The summed E-state index contributed by atoms with van der Waals surface area (Å²) in [5.74, 6) is 0.289. The Morgan fingerprint density at radius 3 is 2.50 bits per heavy atom. The maximum Gasteiger partial charge on any atom is 0.340 e. The van der Waals surface area contributed by atoms with Crippen LogP contribution in [0.25, 0.3) is 10.4 Å². The van der Waals surface area contributed by atoms with E-state index >= 15 is 0 Å². The lowest BCUT2D eigenvalue weighted by Crippen LogP contribution is -2.20. The van der Waals surface area contributed by atoms with Crippen molar-refractivity contribution in [1.82, 2.24) is 0 Å². The molecule has 7 heteroatoms. The van der Waals surface area contributed by atoms with Crippen LogP contribution >= 0.6 is 23.6 Å². The topological polar surface area (TPSA) is 59.6 Å². The maximum atomic E-state index is 12.2. The van der Waals surface area contributed by atoms with E-state index in [2.05, 4.69) is 10.6 Å². The van der Waals surface area contributed by atoms with Crippen LogP contribution < -0.4 is 15.4 Å². The van der Waals surface area contributed by atoms with Gasteiger partial charge in [-0.05, 0) is 42.9 Å². The van der Waals surface area contributed by atoms with E-state index in [1.807, 2.05) is 67.6 Å². The summed E-state index contributed by atoms with van der Waals surface area (Å²) in [6, 6.07) is 19.2. The third-order valence-electron chi connectivity index (χ3n) is 3.86. The van der Waals surface area contributed by atoms with Gasteiger partial charge in [0.2, 0.25) is 0 Å². The van der Waals surface area contributed by atoms with Crippen molar-refractivity contribution in [3.63, 3.8) is 0 Å². The van der Waals surface area contributed by atoms with Gasteiger partial charge in [0.05, 0.1) is 25.0 Å². The molecule has 0 aliphatic carbocycles. The number of carbonyl (C=O) groups excluding carboxylic acids is 1. The molecule has 0 unspecified atom stereocenters. The van der Waals surface area contributed by atoms with Crippen molar-refractivity contribution in [3.05, 3.63) is 66.2 Å². The first-order valence-corrected chi connectivity index (χ1v) is 9.92. The first-order valence-electron chi connectivity index (χ1n) is 8.69. The van der Waals surface area contributed by atoms with Gasteiger partial charge in [-0.15, -0.1) is 11.3 Å². The number of hydrogen-bond donors (Lipinski definition) is 2. The Balaban J connectivity index is 1.84. The summed E-state index contributed by atoms with van der Waals surface area (Å²) in [7, 11) is 1.36. The fourth-order valence-electron chi connectivity index (χ4n) is 2.60. The quantitative estimate of drug-likeness (QED) is 0.417. The van der Waals surface area contributed by atoms with Crippen molar-refractivity contribution < 1.29 is 14.3 Å². The summed E-state index contributed by atoms with van der Waals surface area (Å²) in [6.45, 7) is 2.48. The van der Waals surface area contributed by atoms with Gasteiger partial charge < -0.3 is 20.1 Å². The summed E-state index contributed by atoms with van der Waals surface area (Å²) in [5, 5.41) is 7.23. The molecule has 28 heavy (non-hydrogen) atoms. The molecule has 0 saturated carbocycles. The third-order valence-corrected chi connectivity index (χ3v) is 5.16. The number of carbonyl (C=O) groups is 1. The van der Waals surface area contributed by atoms with Crippen molar-refractivity contribution in [3.8, 4) is 16.2 Å². The summed E-state index contributed by atoms with van der Waals surface area (Å²) in [5.41, 5.74) is 2.21. The van der Waals surface area contributed by atoms with Crippen molar-refractivity contribution in [1.29, 1.82) is 0 Å². The number of para-hydroxylation sites is 2. The van der Waals surface area contributed by atoms with Crippen LogP contribution in [0.4, 0.5) is 10.7 Å². The van der Waals surface area contributed by atoms with Crippen LogP contribution in [0.15, 0.2) is 60.7 Å². The highest BCUT2D eigenvalue weighted by atomic mass is 32.1. The fourth-order valence-corrected chi connectivity index (χ4v) is 3.93. The molecule has 0 aliphatic rings. The molecule has 1 aromatic heterocycles. The number of rotatable bonds is 6. The second kappa shape index (κ2) is 9.34. The number of thiophene rings is 1. The zero-order valence-electron chi connectivity index (χ0n) is 15.5. The lowest BCUT2D eigenvalue weighted by molar-refractivity contribution is 0.0602. The molecular formula is C21H20N2O3S2. The number of nitrogens with one attached hydrogen (secondary N) is 2. The number of ether oxygens (including phenoxy) is 2. The summed E-state index contributed by atoms with van der Waals surface area (Å²) in [6.07, 6.45) is 0. The Morgan fingerprint density at radius 2 is 1.79 bits per heavy atom. The molecule has 2 N–H and O–H groups in total. The van der Waals surface area contributed by atoms with Crippen molar-refractivity contribution in [2.75, 3.05) is 24.4 Å². The predicted molar refractivity (Wildman–Crippen MR) is 119 cm³/mol. The average Bonchev–Trinajstić information content (AvgIpc) is 3.13. The highest BCUT2D eigenvalue weighted by Gasteiger charge is 2.18. The summed E-state index contributed by atoms with van der Waals surface area (Å²) >= 11 is 6.89. The molecule has 0 amide bonds. The van der Waals surface area contributed by atoms with Crippen LogP contribution in [-0.2, 0) is 4.74 Å². The van der Waals surface area contributed by atoms with Gasteiger partial charge in [-0.1, -0.05) is 42.5 Å². The number of methoxy groups -OCH3 is 1. The average molecular weight is 413 g/mol. The molecule has 3 rings (SSSR count). The Labute approximate surface area is 173 Å². The number of anilines is 2. The monoisotopic (exact) mass is 412 g/mol. The molecule has 0 spiro atoms. The molecule has 0 radical (unpaired) electrons. The van der Waals surface area contributed by atoms with Gasteiger partial charge in [-0.25, -0.2) is 4.79 Å². The van der Waals surface area contributed by atoms with Crippen LogP contribution in [0.1, 0.15) is 17.3 Å². The molecule has 0 bridgehead atoms. The van der Waals surface area contributed by atoms with Crippen LogP contribution in [0, 0.1) is 0 Å². The second-order valence-corrected chi connectivity index (χ2v) is 7.18. The fraction of sp³-hybridized carbons (Fsp3) is 0.143. The van der Waals surface area contributed by atoms with Gasteiger partial charge in [0.15, 0.2) is 5.11 Å². The molecule has 0 saturated heterocycles. The molecule has 0 fully saturated rings. The zero-order valence-corrected chi connectivity index (χ0v) is 17.2. The number of benzene rings is 2. The number of esters is 1. The van der Waals surface area contributed by atoms with Gasteiger partial charge in [-0.2, -0.15) is 0 Å². The molecule has 0 aliphatic heterocycles. The highest BCUT2D eigenvalue weighted by Crippen LogP contribution is 2.36. The Kier molecular flexibility index (Phi) is 6.62. The van der Waals surface area contributed by atoms with Gasteiger partial charge >= 0.3 is 5.97 Å². The molecule has 5 nitrogen and oxygen atoms in total. The Bertz CT molecular complexity index is 971. The minimum atomic E-state index is -0.418. The Morgan fingerprint density at radius 1 is 1.07 bits per heavy atom. The first kappa shape index (κ1) is 19.9. The van der Waals surface area contributed by atoms with Crippen molar-refractivity contribution in [2.45, 2.75) is 6.92 Å². The van der Waals surface area contributed by atoms with Crippen molar-refractivity contribution >= 4 is 45.3 Å². The molecular weight excluding hydrogens is 392 g/mol. The third kappa shape index (κ3) is 4.68. The first-order chi connectivity index (χ1) is 13.6. The minimum Gasteiger partial charge on any atom is -0.492 e. The van der Waals surface area contributed by atoms with Crippen LogP contribution in [0.3, 0.4) is 0 Å². The smallest absolute Gasteiger partial charge is 0.340 e. The molecule has 0 atom stereocenters. The van der Waals surface area contributed by atoms with E-state index in [9.17, 15) is 4.79 Å². The lowest BCUT2D eigenvalue weighted by Gasteiger charge is -2.14. The predicted octanol–water partition coefficient (Wildman–Crippen LogP) is 5.41. The maximum absolute atomic E-state index is 12.2. The van der Waals surface area contributed by atoms with E-state index in [0.29, 0.717) is 28.0 Å². The number of thiocarbonyl (C=S) groups is 1. The van der Waals surface area contributed by atoms with E-state index in [-0.39, 0.29) is 0 Å². The summed E-state index contributed by atoms with van der Waals surface area (Å²) in [4.78, 5) is 13.2. The van der Waals surface area contributed by atoms with Gasteiger partial charge in [-0.3, -0.25) is 0 Å². The molecule has 3 aromatic rings. The van der Waals surface area contributed by atoms with E-state index in [1.54, 1.807) is 0 Å². The second-order valence-electron chi connectivity index (χ2n) is 5.72. The molecule has 1 heterocycles. The van der Waals surface area contributed by atoms with Crippen LogP contribution in [0.2, 0.25) is 0 Å². The van der Waals surface area contributed by atoms with Crippen molar-refractivity contribution in [2.24, 2.45) is 0 Å². The standard InChI is InChI=1S/C21H20N2O3S2/c1-3-26-17-12-8-7-11-16(17)22-21(27)23-19-15(20(24)25-2)13-18(28-19)14-9-5-4-6-10-14/h4-13H,3H2,1-2H3,(H2,22,23,27). The van der Waals surface area contributed by atoms with E-state index in [1.165, 1.54) is 18.4 Å². The molecule has 144 valence electrons. The Hall–Kier alpha value is -2.90. The number of hydrogen-bond acceptors (Lipinski definition) is 5. The molecule has 2 aromatic carbocycles. The highest BCUT2D eigenvalue weighted by molar-refractivity contribution is 7.80. The van der Waals surface area contributed by atoms with Crippen LogP contribution in [-0.4, -0.2) is 24.8 Å². The lowest BCUT2D eigenvalue weighted by atomic mass is 10.1. The largest absolute Gasteiger partial charge is 0.492 e. The SMILES string of the molecule is CCOc1ccccc1NC(=S)Nc1sc(-c2ccccc2)cc1C(=O)OC. The van der Waals surface area contributed by atoms with E-state index < -0.39 is 5.97 Å². The van der Waals surface area contributed by atoms with Gasteiger partial charge in [0.25, 0.3) is 0 Å². The zero-order chi connectivity index (χ0) is 19.9. The van der Waals surface area contributed by atoms with Gasteiger partial charge in [0.1, 0.15) is 10.8 Å². The van der Waals surface area contributed by atoms with E-state index in [0.717, 1.165) is 16.1 Å². The van der Waals surface area contributed by atoms with Gasteiger partial charge in [0, 0.05) is 4.88 Å². The van der Waals surface area contributed by atoms with E-state index in [4.69, 9.17) is 21.7 Å². The normalized spacial score (nSPS) is 10.2. The minimum absolute atomic E-state index is 0.360.